The van der Waals surface area contributed by atoms with E-state index < -0.39 is 0 Å². The SMILES string of the molecule is O=C(NN=Cc1ccccc1)c1ccc(NC(=O)C2CC2)cc1. The van der Waals surface area contributed by atoms with Crippen molar-refractivity contribution in [1.29, 1.82) is 0 Å². The molecule has 0 saturated heterocycles. The molecule has 0 unspecified atom stereocenters. The van der Waals surface area contributed by atoms with Crippen LogP contribution < -0.4 is 10.7 Å². The number of rotatable bonds is 5. The summed E-state index contributed by atoms with van der Waals surface area (Å²) < 4.78 is 0. The molecule has 23 heavy (non-hydrogen) atoms. The van der Waals surface area contributed by atoms with Crippen LogP contribution in [0.5, 0.6) is 0 Å². The Labute approximate surface area is 134 Å². The van der Waals surface area contributed by atoms with Crippen LogP contribution in [0.15, 0.2) is 59.7 Å². The summed E-state index contributed by atoms with van der Waals surface area (Å²) in [7, 11) is 0. The molecule has 0 radical (unpaired) electrons. The van der Waals surface area contributed by atoms with Gasteiger partial charge in [-0.1, -0.05) is 30.3 Å². The van der Waals surface area contributed by atoms with Gasteiger partial charge in [0.25, 0.3) is 5.91 Å². The molecular weight excluding hydrogens is 290 g/mol. The molecule has 1 saturated carbocycles. The Morgan fingerprint density at radius 2 is 1.70 bits per heavy atom. The quantitative estimate of drug-likeness (QED) is 0.658. The van der Waals surface area contributed by atoms with Crippen molar-refractivity contribution in [2.45, 2.75) is 12.8 Å². The number of nitrogens with zero attached hydrogens (tertiary/aromatic N) is 1. The van der Waals surface area contributed by atoms with Crippen LogP contribution in [0.1, 0.15) is 28.8 Å². The molecule has 2 aromatic carbocycles. The number of nitrogens with one attached hydrogen (secondary N) is 2. The van der Waals surface area contributed by atoms with Gasteiger partial charge in [0, 0.05) is 17.2 Å². The Kier molecular flexibility index (Phi) is 4.47. The summed E-state index contributed by atoms with van der Waals surface area (Å²) in [5.74, 6) is -0.0859. The number of carbonyl (C=O) groups excluding carboxylic acids is 2. The molecule has 0 aromatic heterocycles. The number of carbonyl (C=O) groups is 2. The van der Waals surface area contributed by atoms with E-state index in [-0.39, 0.29) is 17.7 Å². The molecule has 116 valence electrons. The van der Waals surface area contributed by atoms with Crippen LogP contribution in [0.3, 0.4) is 0 Å². The van der Waals surface area contributed by atoms with Gasteiger partial charge in [0.15, 0.2) is 0 Å². The van der Waals surface area contributed by atoms with E-state index in [1.54, 1.807) is 30.5 Å². The Balaban J connectivity index is 1.55. The van der Waals surface area contributed by atoms with E-state index >= 15 is 0 Å². The number of anilines is 1. The minimum Gasteiger partial charge on any atom is -0.326 e. The molecular formula is C18H17N3O2. The van der Waals surface area contributed by atoms with Crippen LogP contribution in [0.25, 0.3) is 0 Å². The molecule has 5 nitrogen and oxygen atoms in total. The zero-order valence-electron chi connectivity index (χ0n) is 12.5. The van der Waals surface area contributed by atoms with Gasteiger partial charge in [0.05, 0.1) is 6.21 Å². The van der Waals surface area contributed by atoms with Crippen LogP contribution in [-0.4, -0.2) is 18.0 Å². The second-order valence-corrected chi connectivity index (χ2v) is 5.45. The maximum atomic E-state index is 12.0. The minimum absolute atomic E-state index is 0.0506. The topological polar surface area (TPSA) is 70.6 Å². The smallest absolute Gasteiger partial charge is 0.271 e. The third kappa shape index (κ3) is 4.26. The minimum atomic E-state index is -0.294. The van der Waals surface area contributed by atoms with Gasteiger partial charge >= 0.3 is 0 Å². The Hall–Kier alpha value is -2.95. The Morgan fingerprint density at radius 1 is 1.00 bits per heavy atom. The van der Waals surface area contributed by atoms with E-state index in [1.165, 1.54) is 0 Å². The van der Waals surface area contributed by atoms with Crippen molar-refractivity contribution in [3.63, 3.8) is 0 Å². The zero-order chi connectivity index (χ0) is 16.1. The largest absolute Gasteiger partial charge is 0.326 e. The van der Waals surface area contributed by atoms with Crippen molar-refractivity contribution in [3.8, 4) is 0 Å². The lowest BCUT2D eigenvalue weighted by atomic mass is 10.2. The number of benzene rings is 2. The first-order chi connectivity index (χ1) is 11.2. The summed E-state index contributed by atoms with van der Waals surface area (Å²) in [6, 6.07) is 16.3. The van der Waals surface area contributed by atoms with Crippen LogP contribution in [0.4, 0.5) is 5.69 Å². The molecule has 0 heterocycles. The van der Waals surface area contributed by atoms with E-state index in [1.807, 2.05) is 30.3 Å². The van der Waals surface area contributed by atoms with Crippen molar-refractivity contribution in [1.82, 2.24) is 5.43 Å². The van der Waals surface area contributed by atoms with Crippen molar-refractivity contribution >= 4 is 23.7 Å². The summed E-state index contributed by atoms with van der Waals surface area (Å²) in [5, 5.41) is 6.76. The molecule has 5 heteroatoms. The maximum absolute atomic E-state index is 12.0. The van der Waals surface area contributed by atoms with Crippen molar-refractivity contribution in [2.75, 3.05) is 5.32 Å². The van der Waals surface area contributed by atoms with E-state index in [0.717, 1.165) is 18.4 Å². The zero-order valence-corrected chi connectivity index (χ0v) is 12.5. The van der Waals surface area contributed by atoms with Crippen LogP contribution in [-0.2, 0) is 4.79 Å². The standard InChI is InChI=1S/C18H17N3O2/c22-17(14-6-7-14)20-16-10-8-15(9-11-16)18(23)21-19-12-13-4-2-1-3-5-13/h1-5,8-12,14H,6-7H2,(H,20,22)(H,21,23). The maximum Gasteiger partial charge on any atom is 0.271 e. The van der Waals surface area contributed by atoms with E-state index in [9.17, 15) is 9.59 Å². The van der Waals surface area contributed by atoms with Gasteiger partial charge in [-0.15, -0.1) is 0 Å². The van der Waals surface area contributed by atoms with Gasteiger partial charge in [-0.05, 0) is 42.7 Å². The molecule has 0 aliphatic heterocycles. The van der Waals surface area contributed by atoms with E-state index in [0.29, 0.717) is 11.3 Å². The summed E-state index contributed by atoms with van der Waals surface area (Å²) in [4.78, 5) is 23.6. The first kappa shape index (κ1) is 15.0. The molecule has 3 rings (SSSR count). The lowest BCUT2D eigenvalue weighted by molar-refractivity contribution is -0.117. The molecule has 0 atom stereocenters. The molecule has 1 aliphatic rings. The summed E-state index contributed by atoms with van der Waals surface area (Å²) in [6.45, 7) is 0. The third-order valence-corrected chi connectivity index (χ3v) is 3.54. The fraction of sp³-hybridized carbons (Fsp3) is 0.167. The third-order valence-electron chi connectivity index (χ3n) is 3.54. The molecule has 2 amide bonds. The normalized spacial score (nSPS) is 13.7. The molecule has 0 spiro atoms. The average molecular weight is 307 g/mol. The van der Waals surface area contributed by atoms with Crippen LogP contribution in [0.2, 0.25) is 0 Å². The van der Waals surface area contributed by atoms with Gasteiger partial charge in [-0.25, -0.2) is 5.43 Å². The van der Waals surface area contributed by atoms with Gasteiger partial charge < -0.3 is 5.32 Å². The van der Waals surface area contributed by atoms with E-state index in [2.05, 4.69) is 15.8 Å². The number of amides is 2. The highest BCUT2D eigenvalue weighted by Gasteiger charge is 2.29. The fourth-order valence-electron chi connectivity index (χ4n) is 2.06. The van der Waals surface area contributed by atoms with Gasteiger partial charge in [-0.2, -0.15) is 5.10 Å². The predicted octanol–water partition coefficient (Wildman–Crippen LogP) is 2.80. The Morgan fingerprint density at radius 3 is 2.35 bits per heavy atom. The number of hydrogen-bond acceptors (Lipinski definition) is 3. The average Bonchev–Trinajstić information content (AvgIpc) is 3.41. The van der Waals surface area contributed by atoms with Crippen molar-refractivity contribution in [3.05, 3.63) is 65.7 Å². The van der Waals surface area contributed by atoms with Gasteiger partial charge in [-0.3, -0.25) is 9.59 Å². The number of hydrogen-bond donors (Lipinski definition) is 2. The second-order valence-electron chi connectivity index (χ2n) is 5.45. The predicted molar refractivity (Wildman–Crippen MR) is 89.3 cm³/mol. The summed E-state index contributed by atoms with van der Waals surface area (Å²) >= 11 is 0. The lowest BCUT2D eigenvalue weighted by Crippen LogP contribution is -2.18. The summed E-state index contributed by atoms with van der Waals surface area (Å²) in [5.41, 5.74) is 4.57. The second kappa shape index (κ2) is 6.87. The summed E-state index contributed by atoms with van der Waals surface area (Å²) in [6.07, 6.45) is 3.51. The first-order valence-electron chi connectivity index (χ1n) is 7.52. The van der Waals surface area contributed by atoms with E-state index in [4.69, 9.17) is 0 Å². The van der Waals surface area contributed by atoms with Crippen molar-refractivity contribution < 1.29 is 9.59 Å². The van der Waals surface area contributed by atoms with Gasteiger partial charge in [0.2, 0.25) is 5.91 Å². The lowest BCUT2D eigenvalue weighted by Gasteiger charge is -2.05. The molecule has 2 aromatic rings. The van der Waals surface area contributed by atoms with Crippen molar-refractivity contribution in [2.24, 2.45) is 11.0 Å². The molecule has 1 aliphatic carbocycles. The molecule has 0 bridgehead atoms. The van der Waals surface area contributed by atoms with Gasteiger partial charge in [0.1, 0.15) is 0 Å². The van der Waals surface area contributed by atoms with Crippen LogP contribution in [0, 0.1) is 5.92 Å². The molecule has 1 fully saturated rings. The Bertz CT molecular complexity index is 720. The highest BCUT2D eigenvalue weighted by Crippen LogP contribution is 2.30. The molecule has 2 N–H and O–H groups in total. The fourth-order valence-corrected chi connectivity index (χ4v) is 2.06. The number of hydrazone groups is 1. The highest BCUT2D eigenvalue weighted by atomic mass is 16.2. The van der Waals surface area contributed by atoms with Crippen LogP contribution >= 0.6 is 0 Å². The highest BCUT2D eigenvalue weighted by molar-refractivity contribution is 5.97. The first-order valence-corrected chi connectivity index (χ1v) is 7.52. The monoisotopic (exact) mass is 307 g/mol.